The second-order valence-corrected chi connectivity index (χ2v) is 3.93. The van der Waals surface area contributed by atoms with Crippen molar-refractivity contribution in [2.45, 2.75) is 19.8 Å². The Morgan fingerprint density at radius 1 is 1.39 bits per heavy atom. The molecule has 0 bridgehead atoms. The molecule has 5 heteroatoms. The summed E-state index contributed by atoms with van der Waals surface area (Å²) in [6.45, 7) is 1.93. The molecule has 0 radical (unpaired) electrons. The third kappa shape index (κ3) is 2.40. The second-order valence-electron chi connectivity index (χ2n) is 3.93. The van der Waals surface area contributed by atoms with E-state index in [0.717, 1.165) is 11.4 Å². The fourth-order valence-electron chi connectivity index (χ4n) is 1.90. The number of hydrogen-bond donors (Lipinski definition) is 1. The van der Waals surface area contributed by atoms with Crippen LogP contribution in [0.15, 0.2) is 30.5 Å². The Labute approximate surface area is 104 Å². The first-order valence-electron chi connectivity index (χ1n) is 5.65. The Hall–Kier alpha value is -2.17. The van der Waals surface area contributed by atoms with Gasteiger partial charge in [0.05, 0.1) is 18.3 Å². The van der Waals surface area contributed by atoms with E-state index in [-0.39, 0.29) is 12.2 Å². The summed E-state index contributed by atoms with van der Waals surface area (Å²) in [6, 6.07) is 5.94. The molecule has 0 saturated carbocycles. The number of nitrogens with zero attached hydrogens (tertiary/aromatic N) is 2. The first kappa shape index (κ1) is 12.3. The van der Waals surface area contributed by atoms with Gasteiger partial charge in [-0.3, -0.25) is 4.79 Å². The van der Waals surface area contributed by atoms with E-state index in [9.17, 15) is 9.18 Å². The normalized spacial score (nSPS) is 10.6. The quantitative estimate of drug-likeness (QED) is 0.902. The van der Waals surface area contributed by atoms with E-state index in [4.69, 9.17) is 5.11 Å². The zero-order valence-corrected chi connectivity index (χ0v) is 9.93. The molecule has 0 fully saturated rings. The smallest absolute Gasteiger partial charge is 0.307 e. The number of carboxylic acids is 1. The molecule has 4 nitrogen and oxygen atoms in total. The predicted molar refractivity (Wildman–Crippen MR) is 64.2 cm³/mol. The molecule has 1 aromatic heterocycles. The number of carboxylic acid groups (broad SMARTS) is 1. The van der Waals surface area contributed by atoms with Gasteiger partial charge in [0.2, 0.25) is 0 Å². The van der Waals surface area contributed by atoms with Crippen molar-refractivity contribution in [2.75, 3.05) is 0 Å². The zero-order chi connectivity index (χ0) is 13.1. The van der Waals surface area contributed by atoms with Gasteiger partial charge in [-0.1, -0.05) is 6.92 Å². The van der Waals surface area contributed by atoms with Gasteiger partial charge in [0, 0.05) is 11.3 Å². The lowest BCUT2D eigenvalue weighted by molar-refractivity contribution is -0.136. The van der Waals surface area contributed by atoms with E-state index >= 15 is 0 Å². The van der Waals surface area contributed by atoms with E-state index in [1.54, 1.807) is 23.0 Å². The highest BCUT2D eigenvalue weighted by Crippen LogP contribution is 2.16. The number of aliphatic carboxylic acids is 1. The van der Waals surface area contributed by atoms with Crippen LogP contribution in [0.4, 0.5) is 4.39 Å². The van der Waals surface area contributed by atoms with Gasteiger partial charge in [-0.05, 0) is 30.7 Å². The van der Waals surface area contributed by atoms with Gasteiger partial charge in [-0.15, -0.1) is 0 Å². The van der Waals surface area contributed by atoms with Gasteiger partial charge in [-0.2, -0.15) is 5.10 Å². The monoisotopic (exact) mass is 248 g/mol. The predicted octanol–water partition coefficient (Wildman–Crippen LogP) is 2.20. The number of halogens is 1. The van der Waals surface area contributed by atoms with Gasteiger partial charge in [0.15, 0.2) is 0 Å². The molecule has 94 valence electrons. The fraction of sp³-hybridized carbons (Fsp3) is 0.231. The Balaban J connectivity index is 2.42. The van der Waals surface area contributed by atoms with Crippen molar-refractivity contribution in [3.63, 3.8) is 0 Å². The van der Waals surface area contributed by atoms with Gasteiger partial charge in [-0.25, -0.2) is 9.07 Å². The number of aromatic nitrogens is 2. The van der Waals surface area contributed by atoms with Crippen LogP contribution in [0.25, 0.3) is 5.69 Å². The molecule has 2 aromatic rings. The molecule has 1 N–H and O–H groups in total. The van der Waals surface area contributed by atoms with Crippen molar-refractivity contribution in [1.82, 2.24) is 9.78 Å². The van der Waals surface area contributed by atoms with Crippen molar-refractivity contribution in [1.29, 1.82) is 0 Å². The highest BCUT2D eigenvalue weighted by molar-refractivity contribution is 5.70. The van der Waals surface area contributed by atoms with Gasteiger partial charge < -0.3 is 5.11 Å². The lowest BCUT2D eigenvalue weighted by Crippen LogP contribution is -2.05. The fourth-order valence-corrected chi connectivity index (χ4v) is 1.90. The van der Waals surface area contributed by atoms with Crippen LogP contribution in [0.5, 0.6) is 0 Å². The van der Waals surface area contributed by atoms with Crippen LogP contribution in [-0.2, 0) is 17.6 Å². The summed E-state index contributed by atoms with van der Waals surface area (Å²) in [7, 11) is 0. The third-order valence-corrected chi connectivity index (χ3v) is 2.70. The first-order chi connectivity index (χ1) is 8.61. The van der Waals surface area contributed by atoms with E-state index in [0.29, 0.717) is 12.0 Å². The Bertz CT molecular complexity index is 561. The van der Waals surface area contributed by atoms with E-state index in [2.05, 4.69) is 5.10 Å². The lowest BCUT2D eigenvalue weighted by Gasteiger charge is -2.07. The number of benzene rings is 1. The molecule has 1 heterocycles. The van der Waals surface area contributed by atoms with Crippen LogP contribution in [0.2, 0.25) is 0 Å². The van der Waals surface area contributed by atoms with Crippen molar-refractivity contribution in [3.8, 4) is 5.69 Å². The third-order valence-electron chi connectivity index (χ3n) is 2.70. The average molecular weight is 248 g/mol. The molecule has 18 heavy (non-hydrogen) atoms. The van der Waals surface area contributed by atoms with Crippen LogP contribution in [-0.4, -0.2) is 20.9 Å². The van der Waals surface area contributed by atoms with Crippen LogP contribution in [0.3, 0.4) is 0 Å². The highest BCUT2D eigenvalue weighted by Gasteiger charge is 2.13. The summed E-state index contributed by atoms with van der Waals surface area (Å²) < 4.78 is 14.5. The molecule has 0 spiro atoms. The maximum atomic E-state index is 12.9. The van der Waals surface area contributed by atoms with Crippen LogP contribution >= 0.6 is 0 Å². The molecule has 0 aliphatic carbocycles. The molecule has 0 atom stereocenters. The Morgan fingerprint density at radius 3 is 2.61 bits per heavy atom. The molecule has 0 amide bonds. The Morgan fingerprint density at radius 2 is 2.06 bits per heavy atom. The summed E-state index contributed by atoms with van der Waals surface area (Å²) >= 11 is 0. The zero-order valence-electron chi connectivity index (χ0n) is 9.93. The van der Waals surface area contributed by atoms with Crippen molar-refractivity contribution >= 4 is 5.97 Å². The first-order valence-corrected chi connectivity index (χ1v) is 5.65. The largest absolute Gasteiger partial charge is 0.481 e. The number of hydrogen-bond acceptors (Lipinski definition) is 2. The number of rotatable bonds is 4. The van der Waals surface area contributed by atoms with Crippen LogP contribution in [0.1, 0.15) is 18.2 Å². The maximum absolute atomic E-state index is 12.9. The topological polar surface area (TPSA) is 55.1 Å². The van der Waals surface area contributed by atoms with Gasteiger partial charge in [0.25, 0.3) is 0 Å². The Kier molecular flexibility index (Phi) is 3.41. The number of carbonyl (C=O) groups is 1. The highest BCUT2D eigenvalue weighted by atomic mass is 19.1. The summed E-state index contributed by atoms with van der Waals surface area (Å²) in [6.07, 6.45) is 2.17. The minimum absolute atomic E-state index is 0.0512. The molecule has 0 aliphatic rings. The SMILES string of the molecule is CCc1c(CC(=O)O)cnn1-c1ccc(F)cc1. The molecule has 0 saturated heterocycles. The maximum Gasteiger partial charge on any atom is 0.307 e. The molecular formula is C13H13FN2O2. The van der Waals surface area contributed by atoms with E-state index < -0.39 is 5.97 Å². The lowest BCUT2D eigenvalue weighted by atomic mass is 10.1. The summed E-state index contributed by atoms with van der Waals surface area (Å²) in [5, 5.41) is 13.0. The second kappa shape index (κ2) is 5.00. The van der Waals surface area contributed by atoms with E-state index in [1.807, 2.05) is 6.92 Å². The van der Waals surface area contributed by atoms with Crippen molar-refractivity contribution in [3.05, 3.63) is 47.5 Å². The molecular weight excluding hydrogens is 235 g/mol. The minimum Gasteiger partial charge on any atom is -0.481 e. The summed E-state index contributed by atoms with van der Waals surface area (Å²) in [5.41, 5.74) is 2.25. The molecule has 0 unspecified atom stereocenters. The van der Waals surface area contributed by atoms with Crippen molar-refractivity contribution in [2.24, 2.45) is 0 Å². The summed E-state index contributed by atoms with van der Waals surface area (Å²) in [4.78, 5) is 10.7. The summed E-state index contributed by atoms with van der Waals surface area (Å²) in [5.74, 6) is -1.20. The van der Waals surface area contributed by atoms with Crippen LogP contribution in [0, 0.1) is 5.82 Å². The average Bonchev–Trinajstić information content (AvgIpc) is 2.72. The van der Waals surface area contributed by atoms with Gasteiger partial charge in [0.1, 0.15) is 5.82 Å². The standard InChI is InChI=1S/C13H13FN2O2/c1-2-12-9(7-13(17)18)8-15-16(12)11-5-3-10(14)4-6-11/h3-6,8H,2,7H2,1H3,(H,17,18). The molecule has 0 aliphatic heterocycles. The minimum atomic E-state index is -0.886. The van der Waals surface area contributed by atoms with Crippen molar-refractivity contribution < 1.29 is 14.3 Å². The van der Waals surface area contributed by atoms with Gasteiger partial charge >= 0.3 is 5.97 Å². The molecule has 2 rings (SSSR count). The van der Waals surface area contributed by atoms with Crippen LogP contribution < -0.4 is 0 Å². The molecule has 1 aromatic carbocycles. The van der Waals surface area contributed by atoms with E-state index in [1.165, 1.54) is 12.1 Å².